The fraction of sp³-hybridized carbons (Fsp3) is 0.600. The Kier molecular flexibility index (Phi) is 5.05. The van der Waals surface area contributed by atoms with Gasteiger partial charge in [-0.25, -0.2) is 0 Å². The van der Waals surface area contributed by atoms with Gasteiger partial charge in [-0.3, -0.25) is 4.90 Å². The molecule has 1 unspecified atom stereocenters. The molecule has 2 rings (SSSR count). The van der Waals surface area contributed by atoms with Crippen LogP contribution < -0.4 is 5.32 Å². The number of nitrogens with one attached hydrogen (secondary N) is 1. The zero-order valence-corrected chi connectivity index (χ0v) is 11.7. The molecule has 1 aromatic carbocycles. The molecule has 20 heavy (non-hydrogen) atoms. The highest BCUT2D eigenvalue weighted by molar-refractivity contribution is 5.24. The summed E-state index contributed by atoms with van der Waals surface area (Å²) in [5.74, 6) is 0. The number of hydrogen-bond donors (Lipinski definition) is 1. The van der Waals surface area contributed by atoms with Gasteiger partial charge in [0, 0.05) is 19.1 Å². The van der Waals surface area contributed by atoms with Crippen LogP contribution in [0.3, 0.4) is 0 Å². The molecule has 0 amide bonds. The van der Waals surface area contributed by atoms with E-state index in [4.69, 9.17) is 0 Å². The van der Waals surface area contributed by atoms with Crippen LogP contribution in [0.25, 0.3) is 0 Å². The molecule has 1 saturated heterocycles. The Bertz CT molecular complexity index is 414. The fourth-order valence-electron chi connectivity index (χ4n) is 2.68. The lowest BCUT2D eigenvalue weighted by atomic mass is 10.1. The summed E-state index contributed by atoms with van der Waals surface area (Å²) < 4.78 is 37.5. The standard InChI is InChI=1S/C15H21F3N2/c1-2-19-10-14-4-3-9-20(14)11-12-5-7-13(8-6-12)15(16,17)18/h5-8,14,19H,2-4,9-11H2,1H3. The second-order valence-electron chi connectivity index (χ2n) is 5.27. The molecule has 0 aliphatic carbocycles. The van der Waals surface area contributed by atoms with Gasteiger partial charge in [-0.1, -0.05) is 19.1 Å². The summed E-state index contributed by atoms with van der Waals surface area (Å²) in [4.78, 5) is 2.35. The van der Waals surface area contributed by atoms with Gasteiger partial charge in [-0.2, -0.15) is 13.2 Å². The molecule has 1 fully saturated rings. The largest absolute Gasteiger partial charge is 0.416 e. The zero-order valence-electron chi connectivity index (χ0n) is 11.7. The van der Waals surface area contributed by atoms with E-state index in [1.807, 2.05) is 0 Å². The van der Waals surface area contributed by atoms with E-state index >= 15 is 0 Å². The monoisotopic (exact) mass is 286 g/mol. The number of alkyl halides is 3. The predicted molar refractivity (Wildman–Crippen MR) is 73.4 cm³/mol. The molecule has 112 valence electrons. The molecule has 0 spiro atoms. The van der Waals surface area contributed by atoms with Crippen molar-refractivity contribution in [3.05, 3.63) is 35.4 Å². The first-order valence-electron chi connectivity index (χ1n) is 7.11. The van der Waals surface area contributed by atoms with Crippen LogP contribution >= 0.6 is 0 Å². The Morgan fingerprint density at radius 2 is 1.95 bits per heavy atom. The van der Waals surface area contributed by atoms with Gasteiger partial charge in [-0.05, 0) is 43.6 Å². The van der Waals surface area contributed by atoms with Gasteiger partial charge < -0.3 is 5.32 Å². The lowest BCUT2D eigenvalue weighted by Gasteiger charge is -2.24. The first-order chi connectivity index (χ1) is 9.50. The first-order valence-corrected chi connectivity index (χ1v) is 7.11. The number of benzene rings is 1. The number of likely N-dealkylation sites (N-methyl/N-ethyl adjacent to an activating group) is 1. The molecular formula is C15H21F3N2. The molecular weight excluding hydrogens is 265 g/mol. The summed E-state index contributed by atoms with van der Waals surface area (Å²) in [6.45, 7) is 5.74. The molecule has 1 aromatic rings. The van der Waals surface area contributed by atoms with Crippen LogP contribution in [0.1, 0.15) is 30.9 Å². The van der Waals surface area contributed by atoms with E-state index in [0.717, 1.165) is 44.6 Å². The van der Waals surface area contributed by atoms with Crippen molar-refractivity contribution in [1.29, 1.82) is 0 Å². The first kappa shape index (κ1) is 15.3. The van der Waals surface area contributed by atoms with E-state index in [1.165, 1.54) is 12.1 Å². The molecule has 1 aliphatic heterocycles. The maximum Gasteiger partial charge on any atom is 0.416 e. The summed E-state index contributed by atoms with van der Waals surface area (Å²) in [6.07, 6.45) is -1.93. The van der Waals surface area contributed by atoms with Crippen LogP contribution in [-0.4, -0.2) is 30.6 Å². The molecule has 1 aliphatic rings. The second kappa shape index (κ2) is 6.59. The van der Waals surface area contributed by atoms with Crippen molar-refractivity contribution < 1.29 is 13.2 Å². The Labute approximate surface area is 118 Å². The van der Waals surface area contributed by atoms with Gasteiger partial charge in [0.15, 0.2) is 0 Å². The quantitative estimate of drug-likeness (QED) is 0.893. The van der Waals surface area contributed by atoms with E-state index < -0.39 is 11.7 Å². The van der Waals surface area contributed by atoms with Crippen LogP contribution in [0.15, 0.2) is 24.3 Å². The van der Waals surface area contributed by atoms with Crippen LogP contribution in [0.5, 0.6) is 0 Å². The number of likely N-dealkylation sites (tertiary alicyclic amines) is 1. The SMILES string of the molecule is CCNCC1CCCN1Cc1ccc(C(F)(F)F)cc1. The summed E-state index contributed by atoms with van der Waals surface area (Å²) in [7, 11) is 0. The topological polar surface area (TPSA) is 15.3 Å². The summed E-state index contributed by atoms with van der Waals surface area (Å²) in [5.41, 5.74) is 0.369. The second-order valence-corrected chi connectivity index (χ2v) is 5.27. The minimum absolute atomic E-state index is 0.497. The van der Waals surface area contributed by atoms with E-state index in [-0.39, 0.29) is 0 Å². The number of hydrogen-bond acceptors (Lipinski definition) is 2. The Morgan fingerprint density at radius 3 is 2.55 bits per heavy atom. The van der Waals surface area contributed by atoms with Crippen LogP contribution in [0.4, 0.5) is 13.2 Å². The molecule has 1 heterocycles. The average molecular weight is 286 g/mol. The van der Waals surface area contributed by atoms with Crippen LogP contribution in [0, 0.1) is 0 Å². The Balaban J connectivity index is 1.95. The minimum Gasteiger partial charge on any atom is -0.315 e. The Hall–Kier alpha value is -1.07. The summed E-state index contributed by atoms with van der Waals surface area (Å²) in [5, 5.41) is 3.34. The molecule has 0 saturated carbocycles. The van der Waals surface area contributed by atoms with Gasteiger partial charge in [0.2, 0.25) is 0 Å². The smallest absolute Gasteiger partial charge is 0.315 e. The lowest BCUT2D eigenvalue weighted by molar-refractivity contribution is -0.137. The highest BCUT2D eigenvalue weighted by atomic mass is 19.4. The molecule has 2 nitrogen and oxygen atoms in total. The summed E-state index contributed by atoms with van der Waals surface area (Å²) >= 11 is 0. The zero-order chi connectivity index (χ0) is 14.6. The van der Waals surface area contributed by atoms with Gasteiger partial charge >= 0.3 is 6.18 Å². The fourth-order valence-corrected chi connectivity index (χ4v) is 2.68. The summed E-state index contributed by atoms with van der Waals surface area (Å²) in [6, 6.07) is 6.02. The molecule has 5 heteroatoms. The van der Waals surface area contributed by atoms with Crippen molar-refractivity contribution in [3.63, 3.8) is 0 Å². The maximum absolute atomic E-state index is 12.5. The average Bonchev–Trinajstić information content (AvgIpc) is 2.83. The minimum atomic E-state index is -4.25. The van der Waals surface area contributed by atoms with Gasteiger partial charge in [-0.15, -0.1) is 0 Å². The number of halogens is 3. The highest BCUT2D eigenvalue weighted by Crippen LogP contribution is 2.29. The van der Waals surface area contributed by atoms with Gasteiger partial charge in [0.1, 0.15) is 0 Å². The highest BCUT2D eigenvalue weighted by Gasteiger charge is 2.30. The van der Waals surface area contributed by atoms with Crippen molar-refractivity contribution in [3.8, 4) is 0 Å². The van der Waals surface area contributed by atoms with Gasteiger partial charge in [0.25, 0.3) is 0 Å². The van der Waals surface area contributed by atoms with Gasteiger partial charge in [0.05, 0.1) is 5.56 Å². The van der Waals surface area contributed by atoms with E-state index in [9.17, 15) is 13.2 Å². The van der Waals surface area contributed by atoms with Crippen LogP contribution in [-0.2, 0) is 12.7 Å². The maximum atomic E-state index is 12.5. The third-order valence-corrected chi connectivity index (χ3v) is 3.80. The van der Waals surface area contributed by atoms with Crippen LogP contribution in [0.2, 0.25) is 0 Å². The molecule has 0 aromatic heterocycles. The van der Waals surface area contributed by atoms with E-state index in [1.54, 1.807) is 12.1 Å². The normalized spacial score (nSPS) is 20.5. The van der Waals surface area contributed by atoms with Crippen molar-refractivity contribution >= 4 is 0 Å². The lowest BCUT2D eigenvalue weighted by Crippen LogP contribution is -2.37. The van der Waals surface area contributed by atoms with E-state index in [0.29, 0.717) is 6.04 Å². The Morgan fingerprint density at radius 1 is 1.25 bits per heavy atom. The third-order valence-electron chi connectivity index (χ3n) is 3.80. The molecule has 1 N–H and O–H groups in total. The number of nitrogens with zero attached hydrogens (tertiary/aromatic N) is 1. The molecule has 1 atom stereocenters. The third kappa shape index (κ3) is 3.96. The molecule has 0 bridgehead atoms. The van der Waals surface area contributed by atoms with Crippen molar-refractivity contribution in [1.82, 2.24) is 10.2 Å². The molecule has 0 radical (unpaired) electrons. The predicted octanol–water partition coefficient (Wildman–Crippen LogP) is 3.28. The van der Waals surface area contributed by atoms with Crippen molar-refractivity contribution in [2.45, 2.75) is 38.5 Å². The number of rotatable bonds is 5. The van der Waals surface area contributed by atoms with Crippen molar-refractivity contribution in [2.75, 3.05) is 19.6 Å². The van der Waals surface area contributed by atoms with Crippen molar-refractivity contribution in [2.24, 2.45) is 0 Å². The van der Waals surface area contributed by atoms with E-state index in [2.05, 4.69) is 17.1 Å².